The molecule has 0 amide bonds. The number of fused-ring (bicyclic) bond motifs is 4. The van der Waals surface area contributed by atoms with Crippen LogP contribution in [0.15, 0.2) is 54.6 Å². The van der Waals surface area contributed by atoms with Gasteiger partial charge in [-0.2, -0.15) is 0 Å². The van der Waals surface area contributed by atoms with Crippen LogP contribution >= 0.6 is 0 Å². The van der Waals surface area contributed by atoms with Gasteiger partial charge in [-0.1, -0.05) is 30.3 Å². The number of carbonyl (C=O) groups is 2. The van der Waals surface area contributed by atoms with Crippen LogP contribution in [0.3, 0.4) is 0 Å². The predicted molar refractivity (Wildman–Crippen MR) is 117 cm³/mol. The van der Waals surface area contributed by atoms with Crippen molar-refractivity contribution in [1.82, 2.24) is 0 Å². The van der Waals surface area contributed by atoms with Crippen molar-refractivity contribution in [3.63, 3.8) is 0 Å². The molecule has 34 heavy (non-hydrogen) atoms. The van der Waals surface area contributed by atoms with E-state index in [-0.39, 0.29) is 30.9 Å². The molecule has 1 spiro atoms. The summed E-state index contributed by atoms with van der Waals surface area (Å²) in [4.78, 5) is 26.6. The van der Waals surface area contributed by atoms with Gasteiger partial charge in [0.15, 0.2) is 23.0 Å². The lowest BCUT2D eigenvalue weighted by atomic mass is 9.73. The van der Waals surface area contributed by atoms with Crippen molar-refractivity contribution in [2.75, 3.05) is 13.9 Å². The van der Waals surface area contributed by atoms with Gasteiger partial charge in [0, 0.05) is 17.5 Å². The highest BCUT2D eigenvalue weighted by Gasteiger charge is 2.56. The Morgan fingerprint density at radius 3 is 2.53 bits per heavy atom. The van der Waals surface area contributed by atoms with Crippen LogP contribution in [0.5, 0.6) is 23.0 Å². The van der Waals surface area contributed by atoms with Crippen molar-refractivity contribution in [3.8, 4) is 23.0 Å². The molecule has 2 heterocycles. The topological polar surface area (TPSA) is 101 Å². The van der Waals surface area contributed by atoms with Crippen LogP contribution in [0.1, 0.15) is 49.9 Å². The first kappa shape index (κ1) is 20.6. The molecule has 3 aromatic rings. The second-order valence-electron chi connectivity index (χ2n) is 8.38. The molecule has 1 unspecified atom stereocenters. The molecular formula is C26H20O8. The van der Waals surface area contributed by atoms with Crippen molar-refractivity contribution in [2.45, 2.75) is 24.7 Å². The summed E-state index contributed by atoms with van der Waals surface area (Å²) < 4.78 is 27.9. The Kier molecular flexibility index (Phi) is 4.53. The second-order valence-corrected chi connectivity index (χ2v) is 8.38. The Bertz CT molecular complexity index is 1330. The summed E-state index contributed by atoms with van der Waals surface area (Å²) in [5.41, 5.74) is 0.456. The highest BCUT2D eigenvalue weighted by molar-refractivity contribution is 6.11. The molecule has 8 nitrogen and oxygen atoms in total. The maximum absolute atomic E-state index is 13.8. The zero-order valence-corrected chi connectivity index (χ0v) is 18.2. The number of aliphatic hydroxyl groups excluding tert-OH is 1. The van der Waals surface area contributed by atoms with Gasteiger partial charge in [0.1, 0.15) is 6.61 Å². The van der Waals surface area contributed by atoms with Crippen LogP contribution in [-0.4, -0.2) is 30.8 Å². The van der Waals surface area contributed by atoms with Gasteiger partial charge >= 0.3 is 5.97 Å². The summed E-state index contributed by atoms with van der Waals surface area (Å²) in [5, 5.41) is 11.0. The van der Waals surface area contributed by atoms with E-state index in [1.807, 2.05) is 30.3 Å². The van der Waals surface area contributed by atoms with E-state index in [2.05, 4.69) is 0 Å². The number of carbonyl (C=O) groups excluding carboxylic acids is 2. The number of esters is 1. The molecule has 3 aliphatic rings. The van der Waals surface area contributed by atoms with E-state index in [0.29, 0.717) is 34.1 Å². The van der Waals surface area contributed by atoms with Crippen LogP contribution < -0.4 is 18.9 Å². The molecule has 1 aliphatic carbocycles. The number of ketones is 1. The van der Waals surface area contributed by atoms with E-state index in [1.54, 1.807) is 12.1 Å². The van der Waals surface area contributed by atoms with Crippen LogP contribution in [0.2, 0.25) is 0 Å². The number of methoxy groups -OCH3 is 1. The molecule has 3 aromatic carbocycles. The standard InChI is InChI=1S/C26H20O8/c1-30-20-9-17-18(10-23(20)31-12-14-5-3-2-4-6-14)26(34-25(17)29)11-19(27)15-7-21-22(33-13-32-21)8-16(15)24(26)28/h2-10,19,27H,11-13H2,1H3/t19?,26-/m1/s1. The number of aliphatic hydroxyl groups is 1. The first-order valence-electron chi connectivity index (χ1n) is 10.8. The lowest BCUT2D eigenvalue weighted by Crippen LogP contribution is -2.42. The summed E-state index contributed by atoms with van der Waals surface area (Å²) >= 11 is 0. The van der Waals surface area contributed by atoms with Gasteiger partial charge in [0.25, 0.3) is 0 Å². The third-order valence-electron chi connectivity index (χ3n) is 6.46. The van der Waals surface area contributed by atoms with E-state index in [9.17, 15) is 14.7 Å². The molecule has 2 atom stereocenters. The SMILES string of the molecule is COc1cc2c(cc1OCc1ccccc1)[C@@]1(CC(O)c3cc4c(cc3C1=O)OCO4)OC2=O. The van der Waals surface area contributed by atoms with E-state index in [1.165, 1.54) is 19.2 Å². The molecule has 6 rings (SSSR count). The summed E-state index contributed by atoms with van der Waals surface area (Å²) in [5.74, 6) is 0.483. The Labute approximate surface area is 194 Å². The molecule has 0 aromatic heterocycles. The van der Waals surface area contributed by atoms with Gasteiger partial charge < -0.3 is 28.8 Å². The van der Waals surface area contributed by atoms with Gasteiger partial charge in [-0.15, -0.1) is 0 Å². The molecule has 0 bridgehead atoms. The van der Waals surface area contributed by atoms with E-state index >= 15 is 0 Å². The summed E-state index contributed by atoms with van der Waals surface area (Å²) in [6.45, 7) is 0.300. The quantitative estimate of drug-likeness (QED) is 0.589. The van der Waals surface area contributed by atoms with Crippen molar-refractivity contribution >= 4 is 11.8 Å². The molecule has 2 aliphatic heterocycles. The highest BCUT2D eigenvalue weighted by Crippen LogP contribution is 2.53. The Morgan fingerprint density at radius 2 is 1.76 bits per heavy atom. The number of benzene rings is 3. The van der Waals surface area contributed by atoms with Crippen LogP contribution in [0, 0.1) is 0 Å². The number of Topliss-reactive ketones (excluding diaryl/α,β-unsaturated/α-hetero) is 1. The summed E-state index contributed by atoms with van der Waals surface area (Å²) in [7, 11) is 1.47. The van der Waals surface area contributed by atoms with E-state index < -0.39 is 23.5 Å². The van der Waals surface area contributed by atoms with Gasteiger partial charge in [-0.25, -0.2) is 4.79 Å². The minimum Gasteiger partial charge on any atom is -0.493 e. The first-order chi connectivity index (χ1) is 16.5. The highest BCUT2D eigenvalue weighted by atomic mass is 16.7. The third-order valence-corrected chi connectivity index (χ3v) is 6.46. The number of hydrogen-bond donors (Lipinski definition) is 1. The van der Waals surface area contributed by atoms with Crippen molar-refractivity contribution in [3.05, 3.63) is 82.4 Å². The zero-order valence-electron chi connectivity index (χ0n) is 18.2. The van der Waals surface area contributed by atoms with Gasteiger partial charge in [0.05, 0.1) is 18.8 Å². The van der Waals surface area contributed by atoms with Crippen LogP contribution in [0.25, 0.3) is 0 Å². The normalized spacial score (nSPS) is 21.8. The maximum Gasteiger partial charge on any atom is 0.340 e. The molecule has 8 heteroatoms. The van der Waals surface area contributed by atoms with Gasteiger partial charge in [-0.3, -0.25) is 4.79 Å². The van der Waals surface area contributed by atoms with Crippen molar-refractivity contribution in [2.24, 2.45) is 0 Å². The molecule has 0 saturated heterocycles. The minimum atomic E-state index is -1.68. The molecule has 0 saturated carbocycles. The van der Waals surface area contributed by atoms with E-state index in [0.717, 1.165) is 5.56 Å². The maximum atomic E-state index is 13.8. The number of rotatable bonds is 4. The Hall–Kier alpha value is -4.04. The largest absolute Gasteiger partial charge is 0.493 e. The number of ether oxygens (including phenoxy) is 5. The van der Waals surface area contributed by atoms with Gasteiger partial charge in [-0.05, 0) is 35.4 Å². The van der Waals surface area contributed by atoms with E-state index in [4.69, 9.17) is 23.7 Å². The van der Waals surface area contributed by atoms with Crippen LogP contribution in [-0.2, 0) is 16.9 Å². The van der Waals surface area contributed by atoms with Crippen LogP contribution in [0.4, 0.5) is 0 Å². The molecule has 0 radical (unpaired) electrons. The summed E-state index contributed by atoms with van der Waals surface area (Å²) in [6, 6.07) is 15.8. The average molecular weight is 460 g/mol. The van der Waals surface area contributed by atoms with Crippen molar-refractivity contribution in [1.29, 1.82) is 0 Å². The Balaban J connectivity index is 1.44. The second kappa shape index (κ2) is 7.50. The molecule has 1 N–H and O–H groups in total. The summed E-state index contributed by atoms with van der Waals surface area (Å²) in [6.07, 6.45) is -1.18. The fourth-order valence-electron chi connectivity index (χ4n) is 4.78. The molecule has 172 valence electrons. The predicted octanol–water partition coefficient (Wildman–Crippen LogP) is 3.69. The zero-order chi connectivity index (χ0) is 23.4. The lowest BCUT2D eigenvalue weighted by Gasteiger charge is -2.35. The minimum absolute atomic E-state index is 0.0351. The molecule has 0 fully saturated rings. The van der Waals surface area contributed by atoms with Gasteiger partial charge in [0.2, 0.25) is 18.2 Å². The fraction of sp³-hybridized carbons (Fsp3) is 0.231. The Morgan fingerprint density at radius 1 is 1.00 bits per heavy atom. The monoisotopic (exact) mass is 460 g/mol. The lowest BCUT2D eigenvalue weighted by molar-refractivity contribution is -0.0273. The smallest absolute Gasteiger partial charge is 0.340 e. The third kappa shape index (κ3) is 2.95. The molecular weight excluding hydrogens is 440 g/mol. The average Bonchev–Trinajstić information content (AvgIpc) is 3.42. The first-order valence-corrected chi connectivity index (χ1v) is 10.8. The fourth-order valence-corrected chi connectivity index (χ4v) is 4.78. The number of hydrogen-bond acceptors (Lipinski definition) is 8. The van der Waals surface area contributed by atoms with Crippen molar-refractivity contribution < 1.29 is 38.4 Å².